The van der Waals surface area contributed by atoms with Crippen LogP contribution in [0.2, 0.25) is 0 Å². The highest BCUT2D eigenvalue weighted by atomic mass is 31.2. The summed E-state index contributed by atoms with van der Waals surface area (Å²) in [5, 5.41) is 3.10. The van der Waals surface area contributed by atoms with Crippen molar-refractivity contribution in [1.82, 2.24) is 20.3 Å². The third-order valence-electron chi connectivity index (χ3n) is 2.61. The first kappa shape index (κ1) is 16.8. The van der Waals surface area contributed by atoms with Gasteiger partial charge < -0.3 is 25.1 Å². The van der Waals surface area contributed by atoms with Crippen molar-refractivity contribution in [3.63, 3.8) is 0 Å². The van der Waals surface area contributed by atoms with Gasteiger partial charge in [-0.3, -0.25) is 4.79 Å². The molecule has 8 heteroatoms. The molecular formula is C12H21N4O3P. The summed E-state index contributed by atoms with van der Waals surface area (Å²) in [6.07, 6.45) is 4.26. The molecule has 0 spiro atoms. The summed E-state index contributed by atoms with van der Waals surface area (Å²) in [6.45, 7) is 5.26. The van der Waals surface area contributed by atoms with Crippen molar-refractivity contribution in [2.24, 2.45) is 0 Å². The van der Waals surface area contributed by atoms with Crippen LogP contribution in [0.25, 0.3) is 11.0 Å². The Balaban J connectivity index is 0.000000956. The summed E-state index contributed by atoms with van der Waals surface area (Å²) in [5.41, 5.74) is 1.97. The maximum absolute atomic E-state index is 11.4. The lowest BCUT2D eigenvalue weighted by molar-refractivity contribution is 0.480. The molecule has 2 heterocycles. The van der Waals surface area contributed by atoms with Gasteiger partial charge in [-0.2, -0.15) is 0 Å². The van der Waals surface area contributed by atoms with Crippen molar-refractivity contribution in [2.75, 3.05) is 19.3 Å². The highest BCUT2D eigenvalue weighted by molar-refractivity contribution is 7.45. The second-order valence-electron chi connectivity index (χ2n) is 3.87. The van der Waals surface area contributed by atoms with Gasteiger partial charge in [0.15, 0.2) is 8.38 Å². The quantitative estimate of drug-likeness (QED) is 0.398. The summed E-state index contributed by atoms with van der Waals surface area (Å²) >= 11 is 0. The number of aromatic amines is 2. The van der Waals surface area contributed by atoms with Gasteiger partial charge >= 0.3 is 0 Å². The van der Waals surface area contributed by atoms with Crippen molar-refractivity contribution in [1.29, 1.82) is 0 Å². The van der Waals surface area contributed by atoms with Gasteiger partial charge in [0, 0.05) is 18.9 Å². The zero-order chi connectivity index (χ0) is 15.0. The molecule has 0 atom stereocenters. The summed E-state index contributed by atoms with van der Waals surface area (Å²) in [7, 11) is -1.82. The molecule has 5 N–H and O–H groups in total. The molecule has 0 saturated heterocycles. The van der Waals surface area contributed by atoms with Crippen LogP contribution in [0.4, 0.5) is 0 Å². The van der Waals surface area contributed by atoms with Crippen molar-refractivity contribution in [3.8, 4) is 0 Å². The molecule has 0 aliphatic carbocycles. The lowest BCUT2D eigenvalue weighted by Gasteiger charge is -2.04. The smallest absolute Gasteiger partial charge is 0.275 e. The predicted octanol–water partition coefficient (Wildman–Crippen LogP) is 0.706. The van der Waals surface area contributed by atoms with Crippen molar-refractivity contribution in [2.45, 2.75) is 20.3 Å². The Bertz CT molecular complexity index is 567. The zero-order valence-electron chi connectivity index (χ0n) is 11.7. The second kappa shape index (κ2) is 8.81. The summed E-state index contributed by atoms with van der Waals surface area (Å²) in [6, 6.07) is 0. The molecule has 0 aliphatic rings. The normalized spacial score (nSPS) is 10.7. The Kier molecular flexibility index (Phi) is 7.40. The van der Waals surface area contributed by atoms with Crippen molar-refractivity contribution >= 4 is 19.4 Å². The van der Waals surface area contributed by atoms with Crippen LogP contribution >= 0.6 is 8.38 Å². The van der Waals surface area contributed by atoms with Crippen LogP contribution in [0.3, 0.4) is 0 Å². The highest BCUT2D eigenvalue weighted by Gasteiger charge is 2.07. The number of hydrogen-bond acceptors (Lipinski definition) is 5. The van der Waals surface area contributed by atoms with E-state index < -0.39 is 8.38 Å². The van der Waals surface area contributed by atoms with Gasteiger partial charge in [-0.25, -0.2) is 4.98 Å². The number of fused-ring (bicyclic) bond motifs is 1. The van der Waals surface area contributed by atoms with Crippen molar-refractivity contribution < 1.29 is 9.79 Å². The molecule has 7 nitrogen and oxygen atoms in total. The zero-order valence-corrected chi connectivity index (χ0v) is 12.6. The summed E-state index contributed by atoms with van der Waals surface area (Å²) in [4.78, 5) is 38.5. The Hall–Kier alpha value is -1.27. The van der Waals surface area contributed by atoms with Crippen LogP contribution in [0, 0.1) is 0 Å². The minimum absolute atomic E-state index is 0.176. The van der Waals surface area contributed by atoms with E-state index in [4.69, 9.17) is 9.79 Å². The second-order valence-corrected chi connectivity index (χ2v) is 5.06. The van der Waals surface area contributed by atoms with E-state index in [1.54, 1.807) is 6.20 Å². The summed E-state index contributed by atoms with van der Waals surface area (Å²) in [5.74, 6) is 0. The number of nitrogens with zero attached hydrogens (tertiary/aromatic N) is 1. The van der Waals surface area contributed by atoms with E-state index in [0.717, 1.165) is 12.0 Å². The molecule has 2 rings (SSSR count). The molecular weight excluding hydrogens is 279 g/mol. The van der Waals surface area contributed by atoms with Gasteiger partial charge in [0.25, 0.3) is 5.56 Å². The highest BCUT2D eigenvalue weighted by Crippen LogP contribution is 2.20. The maximum atomic E-state index is 11.4. The Labute approximate surface area is 118 Å². The molecule has 0 radical (unpaired) electrons. The van der Waals surface area contributed by atoms with Gasteiger partial charge in [-0.1, -0.05) is 13.8 Å². The molecule has 0 amide bonds. The molecule has 0 unspecified atom stereocenters. The fraction of sp³-hybridized carbons (Fsp3) is 0.500. The number of nitrogens with one attached hydrogen (secondary N) is 3. The number of aromatic nitrogens is 3. The van der Waals surface area contributed by atoms with Crippen LogP contribution in [-0.2, 0) is 6.42 Å². The van der Waals surface area contributed by atoms with Crippen LogP contribution in [0.1, 0.15) is 19.4 Å². The van der Waals surface area contributed by atoms with E-state index in [9.17, 15) is 4.79 Å². The van der Waals surface area contributed by atoms with E-state index >= 15 is 0 Å². The molecule has 0 aromatic carbocycles. The summed E-state index contributed by atoms with van der Waals surface area (Å²) < 4.78 is 0. The van der Waals surface area contributed by atoms with Crippen molar-refractivity contribution in [3.05, 3.63) is 28.4 Å². The van der Waals surface area contributed by atoms with E-state index in [-0.39, 0.29) is 5.56 Å². The Morgan fingerprint density at radius 3 is 2.75 bits per heavy atom. The first-order valence-corrected chi connectivity index (χ1v) is 8.01. The first-order valence-electron chi connectivity index (χ1n) is 6.58. The standard InChI is InChI=1S/C10H15N4O3P.C2H6/c15-10-9-8(13-6-14-10)7(5-12-9)1-2-11-3-4-18(16)17;1-2/h5-6,11-12,16-17H,1-4H2,(H,13,14,15);1-2H3. The molecule has 2 aromatic rings. The average Bonchev–Trinajstić information content (AvgIpc) is 2.85. The lowest BCUT2D eigenvalue weighted by atomic mass is 10.2. The Morgan fingerprint density at radius 2 is 2.05 bits per heavy atom. The number of H-pyrrole nitrogens is 2. The number of rotatable bonds is 6. The van der Waals surface area contributed by atoms with E-state index in [1.165, 1.54) is 6.33 Å². The monoisotopic (exact) mass is 300 g/mol. The van der Waals surface area contributed by atoms with Crippen LogP contribution < -0.4 is 10.9 Å². The van der Waals surface area contributed by atoms with Gasteiger partial charge in [0.1, 0.15) is 5.52 Å². The molecule has 0 saturated carbocycles. The molecule has 2 aromatic heterocycles. The largest absolute Gasteiger partial charge is 0.355 e. The predicted molar refractivity (Wildman–Crippen MR) is 80.9 cm³/mol. The van der Waals surface area contributed by atoms with Gasteiger partial charge in [0.05, 0.1) is 11.8 Å². The van der Waals surface area contributed by atoms with Crippen LogP contribution in [0.15, 0.2) is 17.3 Å². The minimum atomic E-state index is -1.82. The lowest BCUT2D eigenvalue weighted by Crippen LogP contribution is -2.20. The fourth-order valence-electron chi connectivity index (χ4n) is 1.72. The third-order valence-corrected chi connectivity index (χ3v) is 3.23. The SMILES string of the molecule is CC.O=c1[nH]cnc2c(CCNCCP(O)O)c[nH]c12. The fourth-order valence-corrected chi connectivity index (χ4v) is 2.08. The van der Waals surface area contributed by atoms with Gasteiger partial charge in [-0.05, 0) is 18.5 Å². The van der Waals surface area contributed by atoms with Gasteiger partial charge in [-0.15, -0.1) is 0 Å². The van der Waals surface area contributed by atoms with E-state index in [1.807, 2.05) is 13.8 Å². The molecule has 112 valence electrons. The van der Waals surface area contributed by atoms with E-state index in [0.29, 0.717) is 30.3 Å². The maximum Gasteiger partial charge on any atom is 0.275 e. The van der Waals surface area contributed by atoms with Crippen LogP contribution in [0.5, 0.6) is 0 Å². The average molecular weight is 300 g/mol. The molecule has 0 fully saturated rings. The first-order chi connectivity index (χ1) is 9.68. The topological polar surface area (TPSA) is 114 Å². The third kappa shape index (κ3) is 4.68. The Morgan fingerprint density at radius 1 is 1.30 bits per heavy atom. The molecule has 0 bridgehead atoms. The van der Waals surface area contributed by atoms with Crippen LogP contribution in [-0.4, -0.2) is 44.0 Å². The number of hydrogen-bond donors (Lipinski definition) is 5. The molecule has 0 aliphatic heterocycles. The van der Waals surface area contributed by atoms with Gasteiger partial charge in [0.2, 0.25) is 0 Å². The minimum Gasteiger partial charge on any atom is -0.355 e. The van der Waals surface area contributed by atoms with E-state index in [2.05, 4.69) is 20.3 Å². The molecule has 20 heavy (non-hydrogen) atoms.